The number of rotatable bonds is 5. The summed E-state index contributed by atoms with van der Waals surface area (Å²) in [5, 5.41) is 24.5. The number of carbonyl (C=O) groups excluding carboxylic acids is 1. The summed E-state index contributed by atoms with van der Waals surface area (Å²) in [6.07, 6.45) is 2.42. The van der Waals surface area contributed by atoms with Crippen LogP contribution < -0.4 is 5.32 Å². The molecule has 8 nitrogen and oxygen atoms in total. The second-order valence-electron chi connectivity index (χ2n) is 3.99. The van der Waals surface area contributed by atoms with E-state index in [4.69, 9.17) is 5.11 Å². The largest absolute Gasteiger partial charge is 0.394 e. The Kier molecular flexibility index (Phi) is 4.03. The smallest absolute Gasteiger partial charge is 0.254 e. The summed E-state index contributed by atoms with van der Waals surface area (Å²) in [6.45, 7) is 1.48. The number of carbonyl (C=O) groups is 1. The van der Waals surface area contributed by atoms with E-state index in [1.807, 2.05) is 6.92 Å². The van der Waals surface area contributed by atoms with E-state index in [1.165, 1.54) is 17.0 Å². The maximum absolute atomic E-state index is 12.0. The first-order chi connectivity index (χ1) is 9.17. The highest BCUT2D eigenvalue weighted by molar-refractivity contribution is 5.95. The van der Waals surface area contributed by atoms with Crippen molar-refractivity contribution in [2.45, 2.75) is 19.4 Å². The van der Waals surface area contributed by atoms with E-state index in [-0.39, 0.29) is 12.5 Å². The van der Waals surface area contributed by atoms with Crippen molar-refractivity contribution in [1.29, 1.82) is 0 Å². The Morgan fingerprint density at radius 1 is 1.53 bits per heavy atom. The van der Waals surface area contributed by atoms with Gasteiger partial charge >= 0.3 is 0 Å². The van der Waals surface area contributed by atoms with E-state index in [0.717, 1.165) is 0 Å². The maximum atomic E-state index is 12.0. The molecule has 2 aromatic rings. The molecule has 0 aliphatic heterocycles. The zero-order valence-electron chi connectivity index (χ0n) is 10.4. The second-order valence-corrected chi connectivity index (χ2v) is 3.99. The quantitative estimate of drug-likeness (QED) is 0.624. The molecule has 102 valence electrons. The van der Waals surface area contributed by atoms with Gasteiger partial charge in [0.25, 0.3) is 11.7 Å². The molecule has 1 atom stereocenters. The molecule has 0 aliphatic rings. The second kappa shape index (κ2) is 5.72. The Balaban J connectivity index is 2.26. The lowest BCUT2D eigenvalue weighted by Gasteiger charge is -2.11. The highest BCUT2D eigenvalue weighted by Gasteiger charge is 2.16. The third-order valence-electron chi connectivity index (χ3n) is 2.69. The van der Waals surface area contributed by atoms with Gasteiger partial charge in [0, 0.05) is 12.7 Å². The van der Waals surface area contributed by atoms with Gasteiger partial charge in [0.2, 0.25) is 0 Å². The lowest BCUT2D eigenvalue weighted by molar-refractivity contribution is 0.0800. The van der Waals surface area contributed by atoms with Gasteiger partial charge in [-0.05, 0) is 6.42 Å². The minimum atomic E-state index is -0.975. The SMILES string of the molecule is CCc1c(C(=O)NCC(O)CO)cnc2ncnn12. The molecule has 8 heteroatoms. The molecule has 3 N–H and O–H groups in total. The highest BCUT2D eigenvalue weighted by Crippen LogP contribution is 2.09. The maximum Gasteiger partial charge on any atom is 0.254 e. The van der Waals surface area contributed by atoms with Gasteiger partial charge in [-0.2, -0.15) is 10.1 Å². The topological polar surface area (TPSA) is 113 Å². The number of aryl methyl sites for hydroxylation is 1. The van der Waals surface area contributed by atoms with Gasteiger partial charge < -0.3 is 15.5 Å². The third kappa shape index (κ3) is 2.69. The van der Waals surface area contributed by atoms with Crippen LogP contribution in [0.3, 0.4) is 0 Å². The van der Waals surface area contributed by atoms with Crippen LogP contribution in [-0.4, -0.2) is 55.0 Å². The molecule has 0 aromatic carbocycles. The zero-order valence-corrected chi connectivity index (χ0v) is 10.4. The first kappa shape index (κ1) is 13.4. The van der Waals surface area contributed by atoms with Crippen molar-refractivity contribution in [2.75, 3.05) is 13.2 Å². The van der Waals surface area contributed by atoms with Crippen molar-refractivity contribution in [1.82, 2.24) is 24.9 Å². The molecule has 0 saturated heterocycles. The third-order valence-corrected chi connectivity index (χ3v) is 2.69. The standard InChI is InChI=1S/C11H15N5O3/c1-2-9-8(10(19)12-3-7(18)5-17)4-13-11-14-6-15-16(9)11/h4,6-7,17-18H,2-3,5H2,1H3,(H,12,19). The number of amides is 1. The molecular weight excluding hydrogens is 250 g/mol. The minimum absolute atomic E-state index is 0.0200. The first-order valence-electron chi connectivity index (χ1n) is 5.92. The van der Waals surface area contributed by atoms with Crippen LogP contribution in [0.25, 0.3) is 5.78 Å². The molecule has 0 radical (unpaired) electrons. The molecule has 1 unspecified atom stereocenters. The van der Waals surface area contributed by atoms with Gasteiger partial charge in [0.05, 0.1) is 24.0 Å². The van der Waals surface area contributed by atoms with Gasteiger partial charge in [-0.3, -0.25) is 4.79 Å². The molecule has 0 spiro atoms. The van der Waals surface area contributed by atoms with E-state index >= 15 is 0 Å². The average Bonchev–Trinajstić information content (AvgIpc) is 2.91. The number of hydrogen-bond donors (Lipinski definition) is 3. The lowest BCUT2D eigenvalue weighted by atomic mass is 10.1. The molecule has 2 heterocycles. The van der Waals surface area contributed by atoms with Crippen molar-refractivity contribution >= 4 is 11.7 Å². The molecule has 0 bridgehead atoms. The van der Waals surface area contributed by atoms with Gasteiger partial charge in [-0.15, -0.1) is 0 Å². The zero-order chi connectivity index (χ0) is 13.8. The molecule has 19 heavy (non-hydrogen) atoms. The monoisotopic (exact) mass is 265 g/mol. The van der Waals surface area contributed by atoms with Crippen LogP contribution in [0, 0.1) is 0 Å². The molecule has 2 aromatic heterocycles. The number of nitrogens with zero attached hydrogens (tertiary/aromatic N) is 4. The van der Waals surface area contributed by atoms with E-state index in [9.17, 15) is 9.90 Å². The van der Waals surface area contributed by atoms with Crippen molar-refractivity contribution in [3.63, 3.8) is 0 Å². The van der Waals surface area contributed by atoms with Crippen LogP contribution in [0.2, 0.25) is 0 Å². The Morgan fingerprint density at radius 2 is 2.32 bits per heavy atom. The Hall–Kier alpha value is -2.06. The number of hydrogen-bond acceptors (Lipinski definition) is 6. The fraction of sp³-hybridized carbons (Fsp3) is 0.455. The van der Waals surface area contributed by atoms with Gasteiger partial charge in [0.15, 0.2) is 0 Å². The number of aliphatic hydroxyl groups excluding tert-OH is 2. The summed E-state index contributed by atoms with van der Waals surface area (Å²) in [5.41, 5.74) is 1.07. The summed E-state index contributed by atoms with van der Waals surface area (Å²) in [4.78, 5) is 20.0. The highest BCUT2D eigenvalue weighted by atomic mass is 16.3. The van der Waals surface area contributed by atoms with Gasteiger partial charge in [-0.25, -0.2) is 9.50 Å². The van der Waals surface area contributed by atoms with E-state index in [2.05, 4.69) is 20.4 Å². The first-order valence-corrected chi connectivity index (χ1v) is 5.92. The van der Waals surface area contributed by atoms with Crippen LogP contribution in [0.15, 0.2) is 12.5 Å². The van der Waals surface area contributed by atoms with Crippen LogP contribution >= 0.6 is 0 Å². The van der Waals surface area contributed by atoms with Crippen LogP contribution in [0.4, 0.5) is 0 Å². The van der Waals surface area contributed by atoms with E-state index < -0.39 is 12.7 Å². The molecule has 0 aliphatic carbocycles. The summed E-state index contributed by atoms with van der Waals surface area (Å²) in [7, 11) is 0. The number of fused-ring (bicyclic) bond motifs is 1. The average molecular weight is 265 g/mol. The predicted molar refractivity (Wildman–Crippen MR) is 65.6 cm³/mol. The Morgan fingerprint density at radius 3 is 3.00 bits per heavy atom. The Bertz CT molecular complexity index is 583. The van der Waals surface area contributed by atoms with E-state index in [1.54, 1.807) is 0 Å². The Labute approximate surface area is 109 Å². The predicted octanol–water partition coefficient (Wildman–Crippen LogP) is -1.23. The molecule has 0 saturated carbocycles. The molecule has 2 rings (SSSR count). The minimum Gasteiger partial charge on any atom is -0.394 e. The van der Waals surface area contributed by atoms with Gasteiger partial charge in [0.1, 0.15) is 6.33 Å². The molecular formula is C11H15N5O3. The summed E-state index contributed by atoms with van der Waals surface area (Å²) < 4.78 is 1.51. The van der Waals surface area contributed by atoms with Crippen LogP contribution in [0.5, 0.6) is 0 Å². The number of aliphatic hydroxyl groups is 2. The normalized spacial score (nSPS) is 12.6. The molecule has 0 fully saturated rings. The molecule has 1 amide bonds. The van der Waals surface area contributed by atoms with Gasteiger partial charge in [-0.1, -0.05) is 6.92 Å². The van der Waals surface area contributed by atoms with E-state index in [0.29, 0.717) is 23.5 Å². The summed E-state index contributed by atoms with van der Waals surface area (Å²) >= 11 is 0. The van der Waals surface area contributed by atoms with Crippen LogP contribution in [-0.2, 0) is 6.42 Å². The number of nitrogens with one attached hydrogen (secondary N) is 1. The van der Waals surface area contributed by atoms with Crippen molar-refractivity contribution in [3.8, 4) is 0 Å². The van der Waals surface area contributed by atoms with Crippen LogP contribution in [0.1, 0.15) is 23.0 Å². The fourth-order valence-corrected chi connectivity index (χ4v) is 1.72. The fourth-order valence-electron chi connectivity index (χ4n) is 1.72. The summed E-state index contributed by atoms with van der Waals surface area (Å²) in [5.74, 6) is 0.0676. The van der Waals surface area contributed by atoms with Crippen molar-refractivity contribution in [2.24, 2.45) is 0 Å². The lowest BCUT2D eigenvalue weighted by Crippen LogP contribution is -2.34. The van der Waals surface area contributed by atoms with Crippen molar-refractivity contribution in [3.05, 3.63) is 23.8 Å². The summed E-state index contributed by atoms with van der Waals surface area (Å²) in [6, 6.07) is 0. The van der Waals surface area contributed by atoms with Crippen molar-refractivity contribution < 1.29 is 15.0 Å². The number of aromatic nitrogens is 4.